The number of anilines is 2. The first-order valence-electron chi connectivity index (χ1n) is 5.65. The highest BCUT2D eigenvalue weighted by Crippen LogP contribution is 2.24. The van der Waals surface area contributed by atoms with Gasteiger partial charge in [0.2, 0.25) is 0 Å². The molecule has 0 radical (unpaired) electrons. The van der Waals surface area contributed by atoms with Crippen molar-refractivity contribution in [3.63, 3.8) is 0 Å². The summed E-state index contributed by atoms with van der Waals surface area (Å²) >= 11 is 0. The second kappa shape index (κ2) is 4.65. The number of nitrogens with zero attached hydrogens (tertiary/aromatic N) is 4. The summed E-state index contributed by atoms with van der Waals surface area (Å²) < 4.78 is 0. The molecule has 5 nitrogen and oxygen atoms in total. The van der Waals surface area contributed by atoms with E-state index in [1.807, 2.05) is 6.07 Å². The van der Waals surface area contributed by atoms with Crippen LogP contribution in [0.2, 0.25) is 0 Å². The molecule has 0 bridgehead atoms. The van der Waals surface area contributed by atoms with Gasteiger partial charge < -0.3 is 15.5 Å². The minimum atomic E-state index is 0.542. The fourth-order valence-corrected chi connectivity index (χ4v) is 2.27. The van der Waals surface area contributed by atoms with Crippen molar-refractivity contribution < 1.29 is 0 Å². The molecule has 2 heterocycles. The Hall–Kier alpha value is -1.36. The molecule has 1 saturated heterocycles. The molecule has 1 unspecified atom stereocenters. The minimum absolute atomic E-state index is 0.542. The van der Waals surface area contributed by atoms with Gasteiger partial charge in [0.25, 0.3) is 0 Å². The maximum absolute atomic E-state index is 5.68. The lowest BCUT2D eigenvalue weighted by Gasteiger charge is -2.27. The van der Waals surface area contributed by atoms with Crippen LogP contribution in [0, 0.1) is 0 Å². The average Bonchev–Trinajstić information content (AvgIpc) is 2.65. The maximum Gasteiger partial charge on any atom is 0.134 e. The summed E-state index contributed by atoms with van der Waals surface area (Å²) in [7, 11) is 4.20. The molecule has 1 fully saturated rings. The highest BCUT2D eigenvalue weighted by atomic mass is 15.3. The second-order valence-corrected chi connectivity index (χ2v) is 4.55. The number of likely N-dealkylation sites (N-methyl/N-ethyl adjacent to an activating group) is 1. The highest BCUT2D eigenvalue weighted by Gasteiger charge is 2.25. The normalized spacial score (nSPS) is 20.7. The van der Waals surface area contributed by atoms with Crippen molar-refractivity contribution in [3.8, 4) is 0 Å². The standard InChI is InChI=1S/C11H19N5/c1-15(2)7-9-4-3-5-16(9)11-6-10(12)13-8-14-11/h6,8-9H,3-5,7H2,1-2H3,(H2,12,13,14). The van der Waals surface area contributed by atoms with Gasteiger partial charge >= 0.3 is 0 Å². The van der Waals surface area contributed by atoms with Gasteiger partial charge in [-0.25, -0.2) is 9.97 Å². The zero-order valence-electron chi connectivity index (χ0n) is 9.93. The largest absolute Gasteiger partial charge is 0.384 e. The van der Waals surface area contributed by atoms with Crippen LogP contribution in [-0.4, -0.2) is 48.1 Å². The molecule has 1 aliphatic rings. The van der Waals surface area contributed by atoms with Gasteiger partial charge in [0.15, 0.2) is 0 Å². The van der Waals surface area contributed by atoms with Crippen molar-refractivity contribution in [2.45, 2.75) is 18.9 Å². The minimum Gasteiger partial charge on any atom is -0.384 e. The Kier molecular flexibility index (Phi) is 3.24. The quantitative estimate of drug-likeness (QED) is 0.809. The van der Waals surface area contributed by atoms with Crippen LogP contribution in [0.1, 0.15) is 12.8 Å². The summed E-state index contributed by atoms with van der Waals surface area (Å²) in [5.74, 6) is 1.50. The van der Waals surface area contributed by atoms with Crippen molar-refractivity contribution >= 4 is 11.6 Å². The first kappa shape index (κ1) is 11.1. The van der Waals surface area contributed by atoms with Gasteiger partial charge in [-0.1, -0.05) is 0 Å². The van der Waals surface area contributed by atoms with E-state index in [2.05, 4.69) is 33.9 Å². The number of nitrogens with two attached hydrogens (primary N) is 1. The molecule has 0 aliphatic carbocycles. The average molecular weight is 221 g/mol. The van der Waals surface area contributed by atoms with E-state index in [0.717, 1.165) is 18.9 Å². The van der Waals surface area contributed by atoms with Crippen molar-refractivity contribution in [3.05, 3.63) is 12.4 Å². The smallest absolute Gasteiger partial charge is 0.134 e. The Morgan fingerprint density at radius 3 is 3.00 bits per heavy atom. The summed E-state index contributed by atoms with van der Waals surface area (Å²) in [6.07, 6.45) is 3.99. The van der Waals surface area contributed by atoms with Gasteiger partial charge in [0.05, 0.1) is 0 Å². The van der Waals surface area contributed by atoms with E-state index in [1.54, 1.807) is 0 Å². The Labute approximate surface area is 96.3 Å². The van der Waals surface area contributed by atoms with Crippen LogP contribution < -0.4 is 10.6 Å². The zero-order chi connectivity index (χ0) is 11.5. The molecule has 88 valence electrons. The van der Waals surface area contributed by atoms with E-state index >= 15 is 0 Å². The molecule has 0 amide bonds. The lowest BCUT2D eigenvalue weighted by molar-refractivity contribution is 0.371. The third kappa shape index (κ3) is 2.41. The van der Waals surface area contributed by atoms with Crippen LogP contribution in [0.3, 0.4) is 0 Å². The molecule has 2 rings (SSSR count). The molecule has 0 spiro atoms. The fraction of sp³-hybridized carbons (Fsp3) is 0.636. The molecule has 1 atom stereocenters. The number of aromatic nitrogens is 2. The summed E-state index contributed by atoms with van der Waals surface area (Å²) in [5, 5.41) is 0. The molecule has 0 saturated carbocycles. The predicted octanol–water partition coefficient (Wildman–Crippen LogP) is 0.589. The van der Waals surface area contributed by atoms with Crippen molar-refractivity contribution in [2.75, 3.05) is 37.8 Å². The monoisotopic (exact) mass is 221 g/mol. The number of hydrogen-bond acceptors (Lipinski definition) is 5. The molecule has 0 aromatic carbocycles. The van der Waals surface area contributed by atoms with Crippen molar-refractivity contribution in [1.29, 1.82) is 0 Å². The van der Waals surface area contributed by atoms with Gasteiger partial charge in [0, 0.05) is 25.2 Å². The number of hydrogen-bond donors (Lipinski definition) is 1. The van der Waals surface area contributed by atoms with E-state index < -0.39 is 0 Å². The van der Waals surface area contributed by atoms with Crippen LogP contribution in [0.25, 0.3) is 0 Å². The van der Waals surface area contributed by atoms with Gasteiger partial charge in [-0.15, -0.1) is 0 Å². The molecular weight excluding hydrogens is 202 g/mol. The first-order valence-corrected chi connectivity index (χ1v) is 5.65. The molecule has 1 aliphatic heterocycles. The third-order valence-corrected chi connectivity index (χ3v) is 2.92. The Balaban J connectivity index is 2.13. The second-order valence-electron chi connectivity index (χ2n) is 4.55. The zero-order valence-corrected chi connectivity index (χ0v) is 9.93. The maximum atomic E-state index is 5.68. The summed E-state index contributed by atoms with van der Waals surface area (Å²) in [5.41, 5.74) is 5.68. The van der Waals surface area contributed by atoms with Crippen molar-refractivity contribution in [2.24, 2.45) is 0 Å². The SMILES string of the molecule is CN(C)CC1CCCN1c1cc(N)ncn1. The van der Waals surface area contributed by atoms with E-state index in [0.29, 0.717) is 11.9 Å². The Morgan fingerprint density at radius 1 is 1.50 bits per heavy atom. The third-order valence-electron chi connectivity index (χ3n) is 2.92. The summed E-state index contributed by atoms with van der Waals surface area (Å²) in [6.45, 7) is 2.12. The lowest BCUT2D eigenvalue weighted by Crippen LogP contribution is -2.38. The topological polar surface area (TPSA) is 58.3 Å². The van der Waals surface area contributed by atoms with Gasteiger partial charge in [-0.05, 0) is 26.9 Å². The summed E-state index contributed by atoms with van der Waals surface area (Å²) in [6, 6.07) is 2.40. The molecule has 5 heteroatoms. The van der Waals surface area contributed by atoms with Crippen LogP contribution in [0.15, 0.2) is 12.4 Å². The summed E-state index contributed by atoms with van der Waals surface area (Å²) in [4.78, 5) is 12.8. The van der Waals surface area contributed by atoms with Gasteiger partial charge in [-0.2, -0.15) is 0 Å². The molecule has 1 aromatic heterocycles. The highest BCUT2D eigenvalue weighted by molar-refractivity contribution is 5.47. The number of rotatable bonds is 3. The van der Waals surface area contributed by atoms with Gasteiger partial charge in [0.1, 0.15) is 18.0 Å². The Morgan fingerprint density at radius 2 is 2.31 bits per heavy atom. The van der Waals surface area contributed by atoms with E-state index in [4.69, 9.17) is 5.73 Å². The molecule has 2 N–H and O–H groups in total. The predicted molar refractivity (Wildman–Crippen MR) is 65.4 cm³/mol. The molecule has 16 heavy (non-hydrogen) atoms. The van der Waals surface area contributed by atoms with Crippen LogP contribution in [0.5, 0.6) is 0 Å². The van der Waals surface area contributed by atoms with Gasteiger partial charge in [-0.3, -0.25) is 0 Å². The van der Waals surface area contributed by atoms with Crippen LogP contribution in [-0.2, 0) is 0 Å². The van der Waals surface area contributed by atoms with E-state index in [-0.39, 0.29) is 0 Å². The lowest BCUT2D eigenvalue weighted by atomic mass is 10.2. The van der Waals surface area contributed by atoms with Crippen molar-refractivity contribution in [1.82, 2.24) is 14.9 Å². The first-order chi connectivity index (χ1) is 7.66. The Bertz CT molecular complexity index is 352. The van der Waals surface area contributed by atoms with E-state index in [9.17, 15) is 0 Å². The van der Waals surface area contributed by atoms with E-state index in [1.165, 1.54) is 19.2 Å². The van der Waals surface area contributed by atoms with Crippen LogP contribution >= 0.6 is 0 Å². The molecular formula is C11H19N5. The number of nitrogen functional groups attached to an aromatic ring is 1. The molecule has 1 aromatic rings. The fourth-order valence-electron chi connectivity index (χ4n) is 2.27. The van der Waals surface area contributed by atoms with Crippen LogP contribution in [0.4, 0.5) is 11.6 Å².